The van der Waals surface area contributed by atoms with Gasteiger partial charge in [0.05, 0.1) is 23.1 Å². The minimum absolute atomic E-state index is 0.303. The largest absolute Gasteiger partial charge is 0.300 e. The molecule has 0 unspecified atom stereocenters. The summed E-state index contributed by atoms with van der Waals surface area (Å²) in [6.07, 6.45) is 0. The predicted octanol–water partition coefficient (Wildman–Crippen LogP) is 3.84. The first kappa shape index (κ1) is 15.4. The molecule has 0 aliphatic carbocycles. The van der Waals surface area contributed by atoms with E-state index in [2.05, 4.69) is 42.4 Å². The zero-order valence-electron chi connectivity index (χ0n) is 14.1. The summed E-state index contributed by atoms with van der Waals surface area (Å²) in [6.45, 7) is 4.28. The molecule has 0 saturated carbocycles. The molecule has 5 heteroatoms. The molecule has 124 valence electrons. The molecule has 1 aliphatic rings. The van der Waals surface area contributed by atoms with Crippen LogP contribution < -0.4 is 5.32 Å². The van der Waals surface area contributed by atoms with Crippen LogP contribution in [0.3, 0.4) is 0 Å². The predicted molar refractivity (Wildman–Crippen MR) is 96.1 cm³/mol. The molecular weight excluding hydrogens is 312 g/mol. The molecule has 1 amide bonds. The number of para-hydroxylation sites is 2. The van der Waals surface area contributed by atoms with Crippen molar-refractivity contribution in [1.29, 1.82) is 5.26 Å². The van der Waals surface area contributed by atoms with Gasteiger partial charge < -0.3 is 4.57 Å². The Hall–Kier alpha value is -3.13. The molecule has 2 aromatic carbocycles. The highest BCUT2D eigenvalue weighted by Gasteiger charge is 2.38. The molecule has 0 saturated heterocycles. The number of benzene rings is 2. The van der Waals surface area contributed by atoms with Gasteiger partial charge in [-0.05, 0) is 29.2 Å². The van der Waals surface area contributed by atoms with E-state index in [4.69, 9.17) is 0 Å². The second-order valence-corrected chi connectivity index (χ2v) is 6.66. The van der Waals surface area contributed by atoms with Gasteiger partial charge >= 0.3 is 0 Å². The van der Waals surface area contributed by atoms with Crippen molar-refractivity contribution in [2.45, 2.75) is 25.8 Å². The van der Waals surface area contributed by atoms with Gasteiger partial charge in [-0.2, -0.15) is 5.26 Å². The second kappa shape index (κ2) is 5.75. The SMILES string of the molecule is CC(C)c1ccc([C@@H]2[C@H](C#N)C(=O)Nc3nc4ccccc4n32)cc1. The number of rotatable bonds is 2. The highest BCUT2D eigenvalue weighted by molar-refractivity contribution is 5.97. The van der Waals surface area contributed by atoms with Crippen molar-refractivity contribution in [3.8, 4) is 6.07 Å². The third-order valence-electron chi connectivity index (χ3n) is 4.79. The maximum absolute atomic E-state index is 12.4. The third kappa shape index (κ3) is 2.38. The topological polar surface area (TPSA) is 70.7 Å². The Kier molecular flexibility index (Phi) is 3.54. The van der Waals surface area contributed by atoms with Crippen LogP contribution in [0.1, 0.15) is 36.9 Å². The normalized spacial score (nSPS) is 19.5. The van der Waals surface area contributed by atoms with Crippen LogP contribution in [0.5, 0.6) is 0 Å². The lowest BCUT2D eigenvalue weighted by molar-refractivity contribution is -0.119. The molecule has 0 spiro atoms. The Morgan fingerprint density at radius 2 is 1.88 bits per heavy atom. The molecule has 25 heavy (non-hydrogen) atoms. The van der Waals surface area contributed by atoms with Crippen LogP contribution in [-0.2, 0) is 4.79 Å². The smallest absolute Gasteiger partial charge is 0.246 e. The van der Waals surface area contributed by atoms with Crippen molar-refractivity contribution in [2.75, 3.05) is 5.32 Å². The van der Waals surface area contributed by atoms with Crippen molar-refractivity contribution in [3.63, 3.8) is 0 Å². The highest BCUT2D eigenvalue weighted by Crippen LogP contribution is 2.37. The quantitative estimate of drug-likeness (QED) is 0.776. The van der Waals surface area contributed by atoms with Gasteiger partial charge in [-0.25, -0.2) is 4.98 Å². The lowest BCUT2D eigenvalue weighted by Crippen LogP contribution is -2.37. The fraction of sp³-hybridized carbons (Fsp3) is 0.250. The van der Waals surface area contributed by atoms with Crippen molar-refractivity contribution >= 4 is 22.9 Å². The van der Waals surface area contributed by atoms with Crippen molar-refractivity contribution in [3.05, 3.63) is 59.7 Å². The number of hydrogen-bond donors (Lipinski definition) is 1. The van der Waals surface area contributed by atoms with E-state index in [0.717, 1.165) is 16.6 Å². The fourth-order valence-corrected chi connectivity index (χ4v) is 3.44. The lowest BCUT2D eigenvalue weighted by Gasteiger charge is -2.30. The standard InChI is InChI=1S/C20H18N4O/c1-12(2)13-7-9-14(10-8-13)18-15(11-21)19(25)23-20-22-16-5-3-4-6-17(16)24(18)20/h3-10,12,15,18H,1-2H3,(H,22,23,25)/t15-,18+/m0/s1. The summed E-state index contributed by atoms with van der Waals surface area (Å²) < 4.78 is 1.97. The molecule has 5 nitrogen and oxygen atoms in total. The average Bonchev–Trinajstić information content (AvgIpc) is 2.98. The molecule has 2 atom stereocenters. The number of amides is 1. The van der Waals surface area contributed by atoms with Gasteiger partial charge in [0.15, 0.2) is 5.92 Å². The molecule has 0 radical (unpaired) electrons. The van der Waals surface area contributed by atoms with Gasteiger partial charge in [0.25, 0.3) is 0 Å². The van der Waals surface area contributed by atoms with Crippen molar-refractivity contribution < 1.29 is 4.79 Å². The maximum Gasteiger partial charge on any atom is 0.246 e. The summed E-state index contributed by atoms with van der Waals surface area (Å²) in [5, 5.41) is 12.4. The number of nitrogens with one attached hydrogen (secondary N) is 1. The minimum Gasteiger partial charge on any atom is -0.300 e. The van der Waals surface area contributed by atoms with Gasteiger partial charge in [-0.1, -0.05) is 50.2 Å². The molecule has 1 aliphatic heterocycles. The van der Waals surface area contributed by atoms with E-state index < -0.39 is 5.92 Å². The van der Waals surface area contributed by atoms with Crippen LogP contribution >= 0.6 is 0 Å². The van der Waals surface area contributed by atoms with E-state index in [-0.39, 0.29) is 11.9 Å². The maximum atomic E-state index is 12.4. The van der Waals surface area contributed by atoms with Crippen LogP contribution in [0.4, 0.5) is 5.95 Å². The first-order valence-corrected chi connectivity index (χ1v) is 8.37. The third-order valence-corrected chi connectivity index (χ3v) is 4.79. The van der Waals surface area contributed by atoms with E-state index >= 15 is 0 Å². The lowest BCUT2D eigenvalue weighted by atomic mass is 9.90. The van der Waals surface area contributed by atoms with Gasteiger partial charge in [0.1, 0.15) is 0 Å². The van der Waals surface area contributed by atoms with Crippen molar-refractivity contribution in [2.24, 2.45) is 5.92 Å². The van der Waals surface area contributed by atoms with Crippen LogP contribution in [-0.4, -0.2) is 15.5 Å². The van der Waals surface area contributed by atoms with E-state index in [1.54, 1.807) is 0 Å². The molecule has 4 rings (SSSR count). The molecule has 2 heterocycles. The van der Waals surface area contributed by atoms with Gasteiger partial charge in [0.2, 0.25) is 11.9 Å². The van der Waals surface area contributed by atoms with E-state index in [1.165, 1.54) is 5.56 Å². The number of carbonyl (C=O) groups is 1. The van der Waals surface area contributed by atoms with Crippen LogP contribution in [0.15, 0.2) is 48.5 Å². The van der Waals surface area contributed by atoms with E-state index in [1.807, 2.05) is 41.0 Å². The first-order valence-electron chi connectivity index (χ1n) is 8.37. The molecule has 1 N–H and O–H groups in total. The number of nitrogens with zero attached hydrogens (tertiary/aromatic N) is 3. The fourth-order valence-electron chi connectivity index (χ4n) is 3.44. The van der Waals surface area contributed by atoms with Crippen LogP contribution in [0.2, 0.25) is 0 Å². The minimum atomic E-state index is -0.796. The zero-order chi connectivity index (χ0) is 17.6. The van der Waals surface area contributed by atoms with Crippen molar-refractivity contribution in [1.82, 2.24) is 9.55 Å². The van der Waals surface area contributed by atoms with Crippen LogP contribution in [0, 0.1) is 17.2 Å². The molecule has 1 aromatic heterocycles. The summed E-state index contributed by atoms with van der Waals surface area (Å²) in [5.74, 6) is -0.172. The van der Waals surface area contributed by atoms with Crippen LogP contribution in [0.25, 0.3) is 11.0 Å². The summed E-state index contributed by atoms with van der Waals surface area (Å²) >= 11 is 0. The number of carbonyl (C=O) groups excluding carboxylic acids is 1. The summed E-state index contributed by atoms with van der Waals surface area (Å²) in [7, 11) is 0. The second-order valence-electron chi connectivity index (χ2n) is 6.66. The van der Waals surface area contributed by atoms with Gasteiger partial charge in [-0.15, -0.1) is 0 Å². The van der Waals surface area contributed by atoms with Gasteiger partial charge in [-0.3, -0.25) is 10.1 Å². The summed E-state index contributed by atoms with van der Waals surface area (Å²) in [6, 6.07) is 17.7. The number of aromatic nitrogens is 2. The number of fused-ring (bicyclic) bond motifs is 3. The summed E-state index contributed by atoms with van der Waals surface area (Å²) in [4.78, 5) is 17.0. The monoisotopic (exact) mass is 330 g/mol. The number of anilines is 1. The van der Waals surface area contributed by atoms with E-state index in [9.17, 15) is 10.1 Å². The Morgan fingerprint density at radius 3 is 2.56 bits per heavy atom. The first-order chi connectivity index (χ1) is 12.1. The Balaban J connectivity index is 1.93. The zero-order valence-corrected chi connectivity index (χ0v) is 14.1. The average molecular weight is 330 g/mol. The number of hydrogen-bond acceptors (Lipinski definition) is 3. The van der Waals surface area contributed by atoms with Gasteiger partial charge in [0, 0.05) is 0 Å². The highest BCUT2D eigenvalue weighted by atomic mass is 16.2. The molecule has 0 bridgehead atoms. The van der Waals surface area contributed by atoms with E-state index in [0.29, 0.717) is 11.9 Å². The Morgan fingerprint density at radius 1 is 1.16 bits per heavy atom. The number of nitriles is 1. The Labute approximate surface area is 145 Å². The Bertz CT molecular complexity index is 995. The summed E-state index contributed by atoms with van der Waals surface area (Å²) in [5.41, 5.74) is 3.89. The number of imidazole rings is 1. The molecule has 0 fully saturated rings. The molecular formula is C20H18N4O. The molecule has 3 aromatic rings.